The molecule has 0 radical (unpaired) electrons. The van der Waals surface area contributed by atoms with Crippen molar-refractivity contribution in [1.29, 1.82) is 0 Å². The van der Waals surface area contributed by atoms with Gasteiger partial charge in [-0.05, 0) is 32.1 Å². The number of benzene rings is 1. The topological polar surface area (TPSA) is 44.8 Å². The predicted octanol–water partition coefficient (Wildman–Crippen LogP) is 0.958. The molecule has 0 saturated carbocycles. The third kappa shape index (κ3) is 5.61. The normalized spacial score (nSPS) is 16.5. The van der Waals surface area contributed by atoms with Gasteiger partial charge in [0.05, 0.1) is 0 Å². The Balaban J connectivity index is 1.55. The highest BCUT2D eigenvalue weighted by molar-refractivity contribution is 5.77. The van der Waals surface area contributed by atoms with Crippen LogP contribution in [0, 0.1) is 5.82 Å². The number of halogens is 1. The summed E-state index contributed by atoms with van der Waals surface area (Å²) in [5.74, 6) is -0.568. The number of likely N-dealkylation sites (N-methyl/N-ethyl adjacent to an activating group) is 1. The SMILES string of the molecule is CN1CCN(CCCNC(=O)COc2ccccc2F)CC1. The van der Waals surface area contributed by atoms with Crippen molar-refractivity contribution in [3.05, 3.63) is 30.1 Å². The second kappa shape index (κ2) is 8.70. The Morgan fingerprint density at radius 3 is 2.73 bits per heavy atom. The van der Waals surface area contributed by atoms with Crippen LogP contribution in [-0.2, 0) is 4.79 Å². The van der Waals surface area contributed by atoms with Gasteiger partial charge in [0.15, 0.2) is 18.2 Å². The van der Waals surface area contributed by atoms with Crippen molar-refractivity contribution in [3.63, 3.8) is 0 Å². The van der Waals surface area contributed by atoms with Crippen molar-refractivity contribution in [2.24, 2.45) is 0 Å². The first-order chi connectivity index (χ1) is 10.6. The summed E-state index contributed by atoms with van der Waals surface area (Å²) in [6, 6.07) is 6.08. The number of carbonyl (C=O) groups is 1. The summed E-state index contributed by atoms with van der Waals surface area (Å²) in [5, 5.41) is 2.80. The number of piperazine rings is 1. The smallest absolute Gasteiger partial charge is 0.257 e. The van der Waals surface area contributed by atoms with Gasteiger partial charge in [-0.3, -0.25) is 4.79 Å². The molecule has 122 valence electrons. The minimum absolute atomic E-state index is 0.107. The second-order valence-corrected chi connectivity index (χ2v) is 5.57. The van der Waals surface area contributed by atoms with Crippen molar-refractivity contribution in [2.75, 3.05) is 52.9 Å². The Morgan fingerprint density at radius 1 is 1.27 bits per heavy atom. The van der Waals surface area contributed by atoms with Gasteiger partial charge in [-0.2, -0.15) is 0 Å². The maximum Gasteiger partial charge on any atom is 0.257 e. The number of carbonyl (C=O) groups excluding carboxylic acids is 1. The summed E-state index contributed by atoms with van der Waals surface area (Å²) in [7, 11) is 2.13. The first kappa shape index (κ1) is 16.7. The molecule has 0 aromatic heterocycles. The fourth-order valence-electron chi connectivity index (χ4n) is 2.36. The molecule has 1 aromatic carbocycles. The van der Waals surface area contributed by atoms with E-state index in [0.717, 1.165) is 39.1 Å². The number of amides is 1. The first-order valence-corrected chi connectivity index (χ1v) is 7.70. The van der Waals surface area contributed by atoms with Crippen molar-refractivity contribution in [1.82, 2.24) is 15.1 Å². The van der Waals surface area contributed by atoms with Gasteiger partial charge >= 0.3 is 0 Å². The van der Waals surface area contributed by atoms with Crippen molar-refractivity contribution in [2.45, 2.75) is 6.42 Å². The minimum Gasteiger partial charge on any atom is -0.481 e. The molecular formula is C16H24FN3O2. The highest BCUT2D eigenvalue weighted by atomic mass is 19.1. The number of para-hydroxylation sites is 1. The van der Waals surface area contributed by atoms with Gasteiger partial charge in [0.1, 0.15) is 0 Å². The number of hydrogen-bond acceptors (Lipinski definition) is 4. The lowest BCUT2D eigenvalue weighted by atomic mass is 10.3. The molecule has 0 bridgehead atoms. The summed E-state index contributed by atoms with van der Waals surface area (Å²) in [5.41, 5.74) is 0. The average molecular weight is 309 g/mol. The van der Waals surface area contributed by atoms with Gasteiger partial charge in [0.25, 0.3) is 5.91 Å². The number of ether oxygens (including phenoxy) is 1. The number of nitrogens with one attached hydrogen (secondary N) is 1. The van der Waals surface area contributed by atoms with E-state index >= 15 is 0 Å². The van der Waals surface area contributed by atoms with E-state index in [2.05, 4.69) is 22.2 Å². The Morgan fingerprint density at radius 2 is 2.00 bits per heavy atom. The quantitative estimate of drug-likeness (QED) is 0.762. The zero-order valence-electron chi connectivity index (χ0n) is 13.1. The molecule has 0 unspecified atom stereocenters. The molecule has 1 heterocycles. The summed E-state index contributed by atoms with van der Waals surface area (Å²) in [6.45, 7) is 5.82. The molecule has 1 aliphatic rings. The van der Waals surface area contributed by atoms with Crippen LogP contribution in [0.15, 0.2) is 24.3 Å². The van der Waals surface area contributed by atoms with Crippen LogP contribution in [-0.4, -0.2) is 68.6 Å². The molecular weight excluding hydrogens is 285 g/mol. The Kier molecular flexibility index (Phi) is 6.61. The summed E-state index contributed by atoms with van der Waals surface area (Å²) >= 11 is 0. The molecule has 5 nitrogen and oxygen atoms in total. The highest BCUT2D eigenvalue weighted by Crippen LogP contribution is 2.14. The lowest BCUT2D eigenvalue weighted by Crippen LogP contribution is -2.45. The predicted molar refractivity (Wildman–Crippen MR) is 83.5 cm³/mol. The van der Waals surface area contributed by atoms with Crippen LogP contribution in [0.5, 0.6) is 5.75 Å². The van der Waals surface area contributed by atoms with Crippen LogP contribution < -0.4 is 10.1 Å². The van der Waals surface area contributed by atoms with Crippen LogP contribution in [0.1, 0.15) is 6.42 Å². The van der Waals surface area contributed by atoms with Crippen LogP contribution in [0.2, 0.25) is 0 Å². The molecule has 1 fully saturated rings. The van der Waals surface area contributed by atoms with Crippen molar-refractivity contribution >= 4 is 5.91 Å². The van der Waals surface area contributed by atoms with Gasteiger partial charge in [0, 0.05) is 32.7 Å². The fourth-order valence-corrected chi connectivity index (χ4v) is 2.36. The molecule has 22 heavy (non-hydrogen) atoms. The van der Waals surface area contributed by atoms with Crippen LogP contribution in [0.3, 0.4) is 0 Å². The Bertz CT molecular complexity index is 476. The van der Waals surface area contributed by atoms with Gasteiger partial charge in [0.2, 0.25) is 0 Å². The zero-order chi connectivity index (χ0) is 15.8. The fraction of sp³-hybridized carbons (Fsp3) is 0.562. The second-order valence-electron chi connectivity index (χ2n) is 5.57. The number of nitrogens with zero attached hydrogens (tertiary/aromatic N) is 2. The molecule has 1 amide bonds. The largest absolute Gasteiger partial charge is 0.481 e. The number of rotatable bonds is 7. The van der Waals surface area contributed by atoms with E-state index < -0.39 is 5.82 Å². The van der Waals surface area contributed by atoms with Gasteiger partial charge < -0.3 is 19.9 Å². The van der Waals surface area contributed by atoms with E-state index in [1.54, 1.807) is 12.1 Å². The number of hydrogen-bond donors (Lipinski definition) is 1. The molecule has 1 N–H and O–H groups in total. The summed E-state index contributed by atoms with van der Waals surface area (Å²) in [6.07, 6.45) is 0.912. The standard InChI is InChI=1S/C16H24FN3O2/c1-19-9-11-20(12-10-19)8-4-7-18-16(21)13-22-15-6-3-2-5-14(15)17/h2-3,5-6H,4,7-13H2,1H3,(H,18,21). The van der Waals surface area contributed by atoms with Crippen molar-refractivity contribution < 1.29 is 13.9 Å². The molecule has 0 atom stereocenters. The monoisotopic (exact) mass is 309 g/mol. The molecule has 0 aliphatic carbocycles. The van der Waals surface area contributed by atoms with E-state index in [4.69, 9.17) is 4.74 Å². The van der Waals surface area contributed by atoms with E-state index in [-0.39, 0.29) is 18.3 Å². The summed E-state index contributed by atoms with van der Waals surface area (Å²) < 4.78 is 18.5. The van der Waals surface area contributed by atoms with E-state index in [0.29, 0.717) is 6.54 Å². The Labute approximate surface area is 131 Å². The molecule has 1 aliphatic heterocycles. The molecule has 0 spiro atoms. The Hall–Kier alpha value is -1.66. The van der Waals surface area contributed by atoms with Crippen LogP contribution in [0.25, 0.3) is 0 Å². The minimum atomic E-state index is -0.453. The average Bonchev–Trinajstić information content (AvgIpc) is 2.52. The molecule has 1 saturated heterocycles. The van der Waals surface area contributed by atoms with Crippen LogP contribution in [0.4, 0.5) is 4.39 Å². The van der Waals surface area contributed by atoms with Gasteiger partial charge in [-0.1, -0.05) is 12.1 Å². The highest BCUT2D eigenvalue weighted by Gasteiger charge is 2.13. The maximum absolute atomic E-state index is 13.3. The molecule has 2 rings (SSSR count). The van der Waals surface area contributed by atoms with Gasteiger partial charge in [-0.15, -0.1) is 0 Å². The summed E-state index contributed by atoms with van der Waals surface area (Å²) in [4.78, 5) is 16.4. The lowest BCUT2D eigenvalue weighted by molar-refractivity contribution is -0.123. The zero-order valence-corrected chi connectivity index (χ0v) is 13.1. The molecule has 6 heteroatoms. The third-order valence-corrected chi connectivity index (χ3v) is 3.76. The van der Waals surface area contributed by atoms with E-state index in [1.165, 1.54) is 12.1 Å². The van der Waals surface area contributed by atoms with Gasteiger partial charge in [-0.25, -0.2) is 4.39 Å². The molecule has 1 aromatic rings. The van der Waals surface area contributed by atoms with Crippen LogP contribution >= 0.6 is 0 Å². The lowest BCUT2D eigenvalue weighted by Gasteiger charge is -2.32. The van der Waals surface area contributed by atoms with E-state index in [9.17, 15) is 9.18 Å². The van der Waals surface area contributed by atoms with Crippen molar-refractivity contribution in [3.8, 4) is 5.75 Å². The van der Waals surface area contributed by atoms with E-state index in [1.807, 2.05) is 0 Å². The maximum atomic E-state index is 13.3. The third-order valence-electron chi connectivity index (χ3n) is 3.76. The first-order valence-electron chi connectivity index (χ1n) is 7.70.